The van der Waals surface area contributed by atoms with Crippen LogP contribution >= 0.6 is 11.3 Å². The zero-order chi connectivity index (χ0) is 11.4. The van der Waals surface area contributed by atoms with Crippen LogP contribution in [0.3, 0.4) is 0 Å². The molecule has 1 heterocycles. The van der Waals surface area contributed by atoms with Gasteiger partial charge in [0.25, 0.3) is 5.91 Å². The average molecular weight is 235 g/mol. The van der Waals surface area contributed by atoms with Crippen molar-refractivity contribution in [3.8, 4) is 0 Å². The van der Waals surface area contributed by atoms with Crippen molar-refractivity contribution in [2.45, 2.75) is 32.1 Å². The number of amides is 1. The minimum atomic E-state index is 0.0845. The van der Waals surface area contributed by atoms with Crippen molar-refractivity contribution in [1.29, 1.82) is 0 Å². The molecule has 86 valence electrons. The standard InChI is InChI=1S/C13H17NOS/c1-2-3-8-14-13(15)11-9-16-12-7-5-4-6-10(11)12/h2,9H,1,3-8H2,(H,14,15). The smallest absolute Gasteiger partial charge is 0.252 e. The van der Waals surface area contributed by atoms with E-state index < -0.39 is 0 Å². The summed E-state index contributed by atoms with van der Waals surface area (Å²) < 4.78 is 0. The molecule has 0 fully saturated rings. The van der Waals surface area contributed by atoms with E-state index in [4.69, 9.17) is 0 Å². The average Bonchev–Trinajstić information content (AvgIpc) is 2.73. The Morgan fingerprint density at radius 2 is 2.31 bits per heavy atom. The Hall–Kier alpha value is -1.09. The van der Waals surface area contributed by atoms with E-state index in [0.29, 0.717) is 6.54 Å². The molecule has 1 aliphatic carbocycles. The zero-order valence-electron chi connectivity index (χ0n) is 9.42. The largest absolute Gasteiger partial charge is 0.352 e. The van der Waals surface area contributed by atoms with E-state index in [9.17, 15) is 4.79 Å². The summed E-state index contributed by atoms with van der Waals surface area (Å²) in [5, 5.41) is 4.95. The number of carbonyl (C=O) groups is 1. The summed E-state index contributed by atoms with van der Waals surface area (Å²) in [4.78, 5) is 13.3. The van der Waals surface area contributed by atoms with Gasteiger partial charge in [0.1, 0.15) is 0 Å². The number of thiophene rings is 1. The molecule has 1 N–H and O–H groups in total. The minimum Gasteiger partial charge on any atom is -0.352 e. The van der Waals surface area contributed by atoms with E-state index in [1.807, 2.05) is 11.5 Å². The molecule has 1 aromatic rings. The first-order chi connectivity index (χ1) is 7.83. The van der Waals surface area contributed by atoms with Crippen LogP contribution in [0.1, 0.15) is 40.1 Å². The lowest BCUT2D eigenvalue weighted by Crippen LogP contribution is -2.25. The Labute approximate surface area is 100 Å². The fraction of sp³-hybridized carbons (Fsp3) is 0.462. The maximum Gasteiger partial charge on any atom is 0.252 e. The highest BCUT2D eigenvalue weighted by molar-refractivity contribution is 7.10. The van der Waals surface area contributed by atoms with Crippen LogP contribution in [0.15, 0.2) is 18.0 Å². The van der Waals surface area contributed by atoms with Gasteiger partial charge in [-0.15, -0.1) is 17.9 Å². The van der Waals surface area contributed by atoms with E-state index in [1.165, 1.54) is 23.3 Å². The molecule has 0 unspecified atom stereocenters. The third-order valence-corrected chi connectivity index (χ3v) is 4.03. The van der Waals surface area contributed by atoms with Crippen molar-refractivity contribution in [3.05, 3.63) is 34.0 Å². The summed E-state index contributed by atoms with van der Waals surface area (Å²) in [7, 11) is 0. The van der Waals surface area contributed by atoms with Gasteiger partial charge in [-0.3, -0.25) is 4.79 Å². The first kappa shape index (κ1) is 11.4. The van der Waals surface area contributed by atoms with Gasteiger partial charge in [-0.05, 0) is 37.7 Å². The topological polar surface area (TPSA) is 29.1 Å². The number of carbonyl (C=O) groups excluding carboxylic acids is 1. The van der Waals surface area contributed by atoms with Crippen molar-refractivity contribution in [1.82, 2.24) is 5.32 Å². The maximum absolute atomic E-state index is 11.9. The third kappa shape index (κ3) is 2.35. The van der Waals surface area contributed by atoms with Gasteiger partial charge < -0.3 is 5.32 Å². The molecule has 1 aliphatic rings. The number of hydrogen-bond acceptors (Lipinski definition) is 2. The van der Waals surface area contributed by atoms with Crippen molar-refractivity contribution in [2.75, 3.05) is 6.54 Å². The van der Waals surface area contributed by atoms with E-state index in [1.54, 1.807) is 11.3 Å². The number of nitrogens with one attached hydrogen (secondary N) is 1. The number of rotatable bonds is 4. The fourth-order valence-corrected chi connectivity index (χ4v) is 3.19. The molecule has 3 heteroatoms. The molecule has 2 nitrogen and oxygen atoms in total. The highest BCUT2D eigenvalue weighted by Gasteiger charge is 2.19. The van der Waals surface area contributed by atoms with Crippen LogP contribution in [-0.4, -0.2) is 12.5 Å². The van der Waals surface area contributed by atoms with Gasteiger partial charge in [-0.2, -0.15) is 0 Å². The van der Waals surface area contributed by atoms with Gasteiger partial charge in [0.15, 0.2) is 0 Å². The van der Waals surface area contributed by atoms with Gasteiger partial charge in [0.05, 0.1) is 5.56 Å². The number of fused-ring (bicyclic) bond motifs is 1. The van der Waals surface area contributed by atoms with Gasteiger partial charge in [-0.25, -0.2) is 0 Å². The van der Waals surface area contributed by atoms with Gasteiger partial charge >= 0.3 is 0 Å². The molecular weight excluding hydrogens is 218 g/mol. The molecule has 0 atom stereocenters. The molecule has 1 aromatic heterocycles. The second-order valence-electron chi connectivity index (χ2n) is 4.09. The Balaban J connectivity index is 2.05. The Bertz CT molecular complexity index is 395. The molecule has 0 saturated heterocycles. The van der Waals surface area contributed by atoms with Crippen LogP contribution in [-0.2, 0) is 12.8 Å². The van der Waals surface area contributed by atoms with Crippen LogP contribution < -0.4 is 5.32 Å². The van der Waals surface area contributed by atoms with Crippen molar-refractivity contribution < 1.29 is 4.79 Å². The molecule has 2 rings (SSSR count). The Morgan fingerprint density at radius 1 is 1.50 bits per heavy atom. The Kier molecular flexibility index (Phi) is 3.78. The summed E-state index contributed by atoms with van der Waals surface area (Å²) >= 11 is 1.74. The minimum absolute atomic E-state index is 0.0845. The third-order valence-electron chi connectivity index (χ3n) is 2.94. The summed E-state index contributed by atoms with van der Waals surface area (Å²) in [5.74, 6) is 0.0845. The maximum atomic E-state index is 11.9. The van der Waals surface area contributed by atoms with Crippen molar-refractivity contribution >= 4 is 17.2 Å². The quantitative estimate of drug-likeness (QED) is 0.631. The molecule has 0 bridgehead atoms. The number of aryl methyl sites for hydroxylation is 1. The highest BCUT2D eigenvalue weighted by Crippen LogP contribution is 2.29. The van der Waals surface area contributed by atoms with E-state index in [-0.39, 0.29) is 5.91 Å². The first-order valence-electron chi connectivity index (χ1n) is 5.81. The van der Waals surface area contributed by atoms with Crippen molar-refractivity contribution in [3.63, 3.8) is 0 Å². The van der Waals surface area contributed by atoms with Crippen LogP contribution in [0.4, 0.5) is 0 Å². The Morgan fingerprint density at radius 3 is 3.12 bits per heavy atom. The second kappa shape index (κ2) is 5.30. The predicted octanol–water partition coefficient (Wildman–Crippen LogP) is 2.93. The van der Waals surface area contributed by atoms with Crippen LogP contribution in [0.2, 0.25) is 0 Å². The molecule has 0 saturated carbocycles. The lowest BCUT2D eigenvalue weighted by molar-refractivity contribution is 0.0953. The molecular formula is C13H17NOS. The summed E-state index contributed by atoms with van der Waals surface area (Å²) in [5.41, 5.74) is 2.20. The lowest BCUT2D eigenvalue weighted by Gasteiger charge is -2.12. The SMILES string of the molecule is C=CCCNC(=O)c1csc2c1CCCC2. The van der Waals surface area contributed by atoms with Crippen LogP contribution in [0, 0.1) is 0 Å². The summed E-state index contributed by atoms with van der Waals surface area (Å²) in [6.07, 6.45) is 7.37. The fourth-order valence-electron chi connectivity index (χ4n) is 2.07. The normalized spacial score (nSPS) is 14.2. The first-order valence-corrected chi connectivity index (χ1v) is 6.69. The predicted molar refractivity (Wildman–Crippen MR) is 68.1 cm³/mol. The van der Waals surface area contributed by atoms with Gasteiger partial charge in [0.2, 0.25) is 0 Å². The molecule has 0 aliphatic heterocycles. The van der Waals surface area contributed by atoms with Crippen LogP contribution in [0.25, 0.3) is 0 Å². The molecule has 1 amide bonds. The van der Waals surface area contributed by atoms with Gasteiger partial charge in [-0.1, -0.05) is 6.08 Å². The molecule has 0 spiro atoms. The second-order valence-corrected chi connectivity index (χ2v) is 5.06. The van der Waals surface area contributed by atoms with E-state index in [0.717, 1.165) is 24.8 Å². The summed E-state index contributed by atoms with van der Waals surface area (Å²) in [6, 6.07) is 0. The molecule has 16 heavy (non-hydrogen) atoms. The highest BCUT2D eigenvalue weighted by atomic mass is 32.1. The summed E-state index contributed by atoms with van der Waals surface area (Å²) in [6.45, 7) is 4.33. The number of hydrogen-bond donors (Lipinski definition) is 1. The van der Waals surface area contributed by atoms with Crippen molar-refractivity contribution in [2.24, 2.45) is 0 Å². The monoisotopic (exact) mass is 235 g/mol. The van der Waals surface area contributed by atoms with Gasteiger partial charge in [0, 0.05) is 16.8 Å². The molecule has 0 radical (unpaired) electrons. The van der Waals surface area contributed by atoms with Crippen LogP contribution in [0.5, 0.6) is 0 Å². The van der Waals surface area contributed by atoms with E-state index >= 15 is 0 Å². The van der Waals surface area contributed by atoms with E-state index in [2.05, 4.69) is 11.9 Å². The zero-order valence-corrected chi connectivity index (χ0v) is 10.2. The molecule has 0 aromatic carbocycles. The lowest BCUT2D eigenvalue weighted by atomic mass is 9.96.